The number of carbonyl (C=O) groups excluding carboxylic acids is 1. The molecule has 0 saturated heterocycles. The van der Waals surface area contributed by atoms with E-state index in [0.29, 0.717) is 44.4 Å². The fourth-order valence-electron chi connectivity index (χ4n) is 1.97. The summed E-state index contributed by atoms with van der Waals surface area (Å²) in [6.07, 6.45) is 0.832. The van der Waals surface area contributed by atoms with Gasteiger partial charge in [0.2, 0.25) is 0 Å². The Morgan fingerprint density at radius 1 is 1.08 bits per heavy atom. The highest BCUT2D eigenvalue weighted by Crippen LogP contribution is 2.36. The van der Waals surface area contributed by atoms with E-state index in [9.17, 15) is 4.79 Å². The molecule has 0 unspecified atom stereocenters. The van der Waals surface area contributed by atoms with E-state index in [1.807, 2.05) is 6.92 Å². The summed E-state index contributed by atoms with van der Waals surface area (Å²) < 4.78 is 10.8. The first kappa shape index (κ1) is 18.7. The molecule has 0 aliphatic heterocycles. The highest BCUT2D eigenvalue weighted by atomic mass is 35.5. The zero-order chi connectivity index (χ0) is 17.7. The van der Waals surface area contributed by atoms with Gasteiger partial charge in [-0.3, -0.25) is 4.79 Å². The minimum absolute atomic E-state index is 0.307. The molecule has 7 heteroatoms. The van der Waals surface area contributed by atoms with Crippen LogP contribution in [0.2, 0.25) is 15.1 Å². The molecule has 24 heavy (non-hydrogen) atoms. The highest BCUT2D eigenvalue weighted by molar-refractivity contribution is 6.42. The molecule has 2 aromatic carbocycles. The van der Waals surface area contributed by atoms with Crippen LogP contribution >= 0.6 is 34.8 Å². The second-order valence-corrected chi connectivity index (χ2v) is 6.14. The average Bonchev–Trinajstić information content (AvgIpc) is 2.56. The van der Waals surface area contributed by atoms with Gasteiger partial charge in [0, 0.05) is 11.3 Å². The van der Waals surface area contributed by atoms with Crippen LogP contribution in [-0.4, -0.2) is 19.6 Å². The Bertz CT molecular complexity index is 750. The zero-order valence-corrected chi connectivity index (χ0v) is 15.4. The predicted molar refractivity (Wildman–Crippen MR) is 98.2 cm³/mol. The summed E-state index contributed by atoms with van der Waals surface area (Å²) in [7, 11) is 1.49. The molecule has 0 bridgehead atoms. The van der Waals surface area contributed by atoms with Gasteiger partial charge in [-0.1, -0.05) is 41.7 Å². The number of amides is 1. The van der Waals surface area contributed by atoms with E-state index >= 15 is 0 Å². The average molecular weight is 389 g/mol. The molecular weight excluding hydrogens is 373 g/mol. The number of nitrogens with one attached hydrogen (secondary N) is 1. The molecule has 0 saturated carbocycles. The van der Waals surface area contributed by atoms with Gasteiger partial charge >= 0.3 is 0 Å². The van der Waals surface area contributed by atoms with Crippen molar-refractivity contribution < 1.29 is 14.3 Å². The van der Waals surface area contributed by atoms with Crippen LogP contribution in [0.25, 0.3) is 0 Å². The minimum atomic E-state index is -0.351. The van der Waals surface area contributed by atoms with Crippen molar-refractivity contribution in [2.24, 2.45) is 0 Å². The summed E-state index contributed by atoms with van der Waals surface area (Å²) >= 11 is 18.0. The third-order valence-corrected chi connectivity index (χ3v) is 4.14. The van der Waals surface area contributed by atoms with E-state index in [1.165, 1.54) is 13.2 Å². The lowest BCUT2D eigenvalue weighted by atomic mass is 10.1. The minimum Gasteiger partial charge on any atom is -0.493 e. The van der Waals surface area contributed by atoms with Gasteiger partial charge in [0.1, 0.15) is 0 Å². The predicted octanol–water partition coefficient (Wildman–Crippen LogP) is 5.70. The van der Waals surface area contributed by atoms with Crippen LogP contribution in [0.5, 0.6) is 11.5 Å². The quantitative estimate of drug-likeness (QED) is 0.691. The number of ether oxygens (including phenoxy) is 2. The fourth-order valence-corrected chi connectivity index (χ4v) is 2.54. The molecule has 2 aromatic rings. The van der Waals surface area contributed by atoms with E-state index in [-0.39, 0.29) is 5.91 Å². The number of hydrogen-bond donors (Lipinski definition) is 1. The summed E-state index contributed by atoms with van der Waals surface area (Å²) in [6, 6.07) is 7.93. The summed E-state index contributed by atoms with van der Waals surface area (Å²) in [5.74, 6) is 0.470. The van der Waals surface area contributed by atoms with Gasteiger partial charge in [-0.25, -0.2) is 0 Å². The second-order valence-electron chi connectivity index (χ2n) is 4.92. The second kappa shape index (κ2) is 8.47. The number of carbonyl (C=O) groups is 1. The Kier molecular flexibility index (Phi) is 6.60. The van der Waals surface area contributed by atoms with Crippen LogP contribution in [0, 0.1) is 0 Å². The number of hydrogen-bond acceptors (Lipinski definition) is 3. The van der Waals surface area contributed by atoms with Crippen molar-refractivity contribution in [1.82, 2.24) is 0 Å². The third-order valence-electron chi connectivity index (χ3n) is 3.12. The van der Waals surface area contributed by atoms with Crippen molar-refractivity contribution in [3.05, 3.63) is 51.0 Å². The molecular formula is C17H16Cl3NO3. The van der Waals surface area contributed by atoms with Crippen LogP contribution in [0.3, 0.4) is 0 Å². The lowest BCUT2D eigenvalue weighted by molar-refractivity contribution is 0.102. The van der Waals surface area contributed by atoms with Crippen LogP contribution in [-0.2, 0) is 0 Å². The molecule has 0 aliphatic rings. The Morgan fingerprint density at radius 3 is 2.46 bits per heavy atom. The van der Waals surface area contributed by atoms with Crippen LogP contribution in [0.1, 0.15) is 23.7 Å². The molecule has 2 rings (SSSR count). The molecule has 0 heterocycles. The Labute approximate surface area is 155 Å². The summed E-state index contributed by atoms with van der Waals surface area (Å²) in [6.45, 7) is 2.49. The molecule has 0 aromatic heterocycles. The maximum absolute atomic E-state index is 12.4. The molecule has 4 nitrogen and oxygen atoms in total. The lowest BCUT2D eigenvalue weighted by Gasteiger charge is -2.14. The number of benzene rings is 2. The number of rotatable bonds is 6. The first-order chi connectivity index (χ1) is 11.5. The third kappa shape index (κ3) is 4.47. The summed E-state index contributed by atoms with van der Waals surface area (Å²) in [5, 5.41) is 3.81. The Hall–Kier alpha value is -1.62. The van der Waals surface area contributed by atoms with E-state index in [1.54, 1.807) is 24.3 Å². The lowest BCUT2D eigenvalue weighted by Crippen LogP contribution is -2.12. The zero-order valence-electron chi connectivity index (χ0n) is 13.2. The van der Waals surface area contributed by atoms with Crippen molar-refractivity contribution in [1.29, 1.82) is 0 Å². The molecule has 0 radical (unpaired) electrons. The van der Waals surface area contributed by atoms with Gasteiger partial charge in [-0.05, 0) is 36.8 Å². The van der Waals surface area contributed by atoms with Crippen molar-refractivity contribution in [3.63, 3.8) is 0 Å². The molecule has 0 aliphatic carbocycles. The molecule has 0 fully saturated rings. The standard InChI is InChI=1S/C17H16Cl3NO3/c1-3-6-24-16-14(20)7-10(8-15(16)23-2)17(22)21-11-4-5-12(18)13(19)9-11/h4-5,7-9H,3,6H2,1-2H3,(H,21,22). The van der Waals surface area contributed by atoms with Gasteiger partial charge in [0.15, 0.2) is 11.5 Å². The van der Waals surface area contributed by atoms with Crippen LogP contribution < -0.4 is 14.8 Å². The highest BCUT2D eigenvalue weighted by Gasteiger charge is 2.16. The summed E-state index contributed by atoms with van der Waals surface area (Å²) in [4.78, 5) is 12.4. The van der Waals surface area contributed by atoms with Crippen molar-refractivity contribution >= 4 is 46.4 Å². The smallest absolute Gasteiger partial charge is 0.255 e. The maximum Gasteiger partial charge on any atom is 0.255 e. The Balaban J connectivity index is 2.25. The molecule has 1 N–H and O–H groups in total. The molecule has 128 valence electrons. The monoisotopic (exact) mass is 387 g/mol. The fraction of sp³-hybridized carbons (Fsp3) is 0.235. The van der Waals surface area contributed by atoms with Gasteiger partial charge in [0.25, 0.3) is 5.91 Å². The molecule has 0 spiro atoms. The molecule has 0 atom stereocenters. The number of anilines is 1. The molecule has 1 amide bonds. The topological polar surface area (TPSA) is 47.6 Å². The first-order valence-electron chi connectivity index (χ1n) is 7.23. The van der Waals surface area contributed by atoms with E-state index in [0.717, 1.165) is 6.42 Å². The van der Waals surface area contributed by atoms with Crippen LogP contribution in [0.15, 0.2) is 30.3 Å². The number of methoxy groups -OCH3 is 1. The number of halogens is 3. The van der Waals surface area contributed by atoms with E-state index in [4.69, 9.17) is 44.3 Å². The van der Waals surface area contributed by atoms with Gasteiger partial charge < -0.3 is 14.8 Å². The van der Waals surface area contributed by atoms with Gasteiger partial charge in [0.05, 0.1) is 28.8 Å². The normalized spacial score (nSPS) is 10.4. The van der Waals surface area contributed by atoms with Crippen molar-refractivity contribution in [3.8, 4) is 11.5 Å². The van der Waals surface area contributed by atoms with Crippen molar-refractivity contribution in [2.45, 2.75) is 13.3 Å². The van der Waals surface area contributed by atoms with Crippen LogP contribution in [0.4, 0.5) is 5.69 Å². The Morgan fingerprint density at radius 2 is 1.83 bits per heavy atom. The maximum atomic E-state index is 12.4. The van der Waals surface area contributed by atoms with Gasteiger partial charge in [-0.2, -0.15) is 0 Å². The first-order valence-corrected chi connectivity index (χ1v) is 8.36. The SMILES string of the molecule is CCCOc1c(Cl)cc(C(=O)Nc2ccc(Cl)c(Cl)c2)cc1OC. The van der Waals surface area contributed by atoms with Gasteiger partial charge in [-0.15, -0.1) is 0 Å². The van der Waals surface area contributed by atoms with Crippen molar-refractivity contribution in [2.75, 3.05) is 19.0 Å². The van der Waals surface area contributed by atoms with E-state index in [2.05, 4.69) is 5.32 Å². The summed E-state index contributed by atoms with van der Waals surface area (Å²) in [5.41, 5.74) is 0.863. The van der Waals surface area contributed by atoms with E-state index < -0.39 is 0 Å². The largest absolute Gasteiger partial charge is 0.493 e.